The zero-order valence-corrected chi connectivity index (χ0v) is 16.6. The van der Waals surface area contributed by atoms with Crippen LogP contribution in [0.1, 0.15) is 24.5 Å². The lowest BCUT2D eigenvalue weighted by molar-refractivity contribution is 0.305. The minimum atomic E-state index is 0. The average molecular weight is 446 g/mol. The molecule has 0 aromatic carbocycles. The van der Waals surface area contributed by atoms with Crippen molar-refractivity contribution in [2.75, 3.05) is 13.7 Å². The maximum Gasteiger partial charge on any atom is 0.213 e. The zero-order valence-electron chi connectivity index (χ0n) is 13.4. The maximum atomic E-state index is 5.47. The van der Waals surface area contributed by atoms with E-state index in [1.54, 1.807) is 18.4 Å². The van der Waals surface area contributed by atoms with Crippen LogP contribution in [0.5, 0.6) is 5.88 Å². The van der Waals surface area contributed by atoms with Gasteiger partial charge < -0.3 is 15.4 Å². The predicted molar refractivity (Wildman–Crippen MR) is 107 cm³/mol. The molecule has 126 valence electrons. The number of nitrogens with one attached hydrogen (secondary N) is 2. The fraction of sp³-hybridized carbons (Fsp3) is 0.375. The molecule has 0 spiro atoms. The zero-order chi connectivity index (χ0) is 15.6. The number of aliphatic imine (C=N–C) groups is 1. The first-order chi connectivity index (χ1) is 10.8. The van der Waals surface area contributed by atoms with Gasteiger partial charge in [0.25, 0.3) is 0 Å². The average Bonchev–Trinajstić information content (AvgIpc) is 3.07. The molecule has 0 aliphatic heterocycles. The van der Waals surface area contributed by atoms with Crippen molar-refractivity contribution in [3.8, 4) is 5.88 Å². The van der Waals surface area contributed by atoms with E-state index in [9.17, 15) is 0 Å². The molecule has 2 aromatic heterocycles. The van der Waals surface area contributed by atoms with Crippen LogP contribution in [0.2, 0.25) is 0 Å². The van der Waals surface area contributed by atoms with Gasteiger partial charge in [-0.3, -0.25) is 4.99 Å². The standard InChI is InChI=1S/C16H22N4OS.HI/c1-3-7-21-15-5-4-13(9-18-15)10-19-16(17-2)20-11-14-6-8-22-12-14;/h4-6,8-9,12H,3,7,10-11H2,1-2H3,(H2,17,19,20);1H. The molecular formula is C16H23IN4OS. The number of pyridine rings is 1. The molecule has 5 nitrogen and oxygen atoms in total. The summed E-state index contributed by atoms with van der Waals surface area (Å²) in [6.07, 6.45) is 2.81. The van der Waals surface area contributed by atoms with E-state index >= 15 is 0 Å². The summed E-state index contributed by atoms with van der Waals surface area (Å²) in [5.41, 5.74) is 2.34. The van der Waals surface area contributed by atoms with Gasteiger partial charge in [0, 0.05) is 32.4 Å². The topological polar surface area (TPSA) is 58.5 Å². The summed E-state index contributed by atoms with van der Waals surface area (Å²) in [7, 11) is 1.77. The summed E-state index contributed by atoms with van der Waals surface area (Å²) in [6, 6.07) is 6.01. The molecule has 0 bridgehead atoms. The molecule has 0 atom stereocenters. The highest BCUT2D eigenvalue weighted by molar-refractivity contribution is 14.0. The van der Waals surface area contributed by atoms with E-state index in [1.165, 1.54) is 5.56 Å². The fourth-order valence-corrected chi connectivity index (χ4v) is 2.46. The molecular weight excluding hydrogens is 423 g/mol. The van der Waals surface area contributed by atoms with E-state index in [2.05, 4.69) is 44.4 Å². The molecule has 2 heterocycles. The maximum absolute atomic E-state index is 5.47. The summed E-state index contributed by atoms with van der Waals surface area (Å²) in [5.74, 6) is 1.45. The number of halogens is 1. The summed E-state index contributed by atoms with van der Waals surface area (Å²) in [5, 5.41) is 10.7. The van der Waals surface area contributed by atoms with Crippen LogP contribution in [0.3, 0.4) is 0 Å². The predicted octanol–water partition coefficient (Wildman–Crippen LogP) is 3.42. The van der Waals surface area contributed by atoms with Crippen molar-refractivity contribution >= 4 is 41.3 Å². The largest absolute Gasteiger partial charge is 0.478 e. The Morgan fingerprint density at radius 1 is 1.22 bits per heavy atom. The van der Waals surface area contributed by atoms with Crippen LogP contribution in [-0.2, 0) is 13.1 Å². The number of hydrogen-bond acceptors (Lipinski definition) is 4. The van der Waals surface area contributed by atoms with Gasteiger partial charge >= 0.3 is 0 Å². The number of rotatable bonds is 7. The van der Waals surface area contributed by atoms with Gasteiger partial charge in [-0.15, -0.1) is 24.0 Å². The number of thiophene rings is 1. The van der Waals surface area contributed by atoms with Crippen molar-refractivity contribution in [2.45, 2.75) is 26.4 Å². The third kappa shape index (κ3) is 7.17. The van der Waals surface area contributed by atoms with Crippen molar-refractivity contribution in [1.82, 2.24) is 15.6 Å². The van der Waals surface area contributed by atoms with Gasteiger partial charge in [-0.2, -0.15) is 11.3 Å². The minimum absolute atomic E-state index is 0. The van der Waals surface area contributed by atoms with Gasteiger partial charge in [0.1, 0.15) is 0 Å². The number of nitrogens with zero attached hydrogens (tertiary/aromatic N) is 2. The first kappa shape index (κ1) is 19.7. The molecule has 2 rings (SSSR count). The molecule has 0 amide bonds. The number of aromatic nitrogens is 1. The number of hydrogen-bond donors (Lipinski definition) is 2. The number of ether oxygens (including phenoxy) is 1. The van der Waals surface area contributed by atoms with Crippen LogP contribution >= 0.6 is 35.3 Å². The monoisotopic (exact) mass is 446 g/mol. The van der Waals surface area contributed by atoms with Crippen molar-refractivity contribution < 1.29 is 4.74 Å². The third-order valence-corrected chi connectivity index (χ3v) is 3.71. The molecule has 2 aromatic rings. The molecule has 0 aliphatic carbocycles. The summed E-state index contributed by atoms with van der Waals surface area (Å²) in [6.45, 7) is 4.21. The van der Waals surface area contributed by atoms with E-state index < -0.39 is 0 Å². The van der Waals surface area contributed by atoms with E-state index in [0.29, 0.717) is 19.0 Å². The van der Waals surface area contributed by atoms with Crippen molar-refractivity contribution in [3.63, 3.8) is 0 Å². The Bertz CT molecular complexity index is 572. The van der Waals surface area contributed by atoms with Gasteiger partial charge in [0.2, 0.25) is 5.88 Å². The quantitative estimate of drug-likeness (QED) is 0.389. The van der Waals surface area contributed by atoms with Gasteiger partial charge in [-0.1, -0.05) is 13.0 Å². The van der Waals surface area contributed by atoms with Crippen LogP contribution in [0.4, 0.5) is 0 Å². The highest BCUT2D eigenvalue weighted by atomic mass is 127. The highest BCUT2D eigenvalue weighted by Gasteiger charge is 2.01. The van der Waals surface area contributed by atoms with Crippen molar-refractivity contribution in [3.05, 3.63) is 46.3 Å². The molecule has 0 saturated heterocycles. The Morgan fingerprint density at radius 3 is 2.57 bits per heavy atom. The fourth-order valence-electron chi connectivity index (χ4n) is 1.79. The number of guanidine groups is 1. The van der Waals surface area contributed by atoms with Crippen molar-refractivity contribution in [1.29, 1.82) is 0 Å². The van der Waals surface area contributed by atoms with Crippen LogP contribution in [0, 0.1) is 0 Å². The molecule has 0 aliphatic rings. The van der Waals surface area contributed by atoms with Gasteiger partial charge in [-0.25, -0.2) is 4.98 Å². The minimum Gasteiger partial charge on any atom is -0.478 e. The van der Waals surface area contributed by atoms with Gasteiger partial charge in [-0.05, 0) is 34.4 Å². The van der Waals surface area contributed by atoms with Gasteiger partial charge in [0.15, 0.2) is 5.96 Å². The Kier molecular flexibility index (Phi) is 9.61. The lowest BCUT2D eigenvalue weighted by Crippen LogP contribution is -2.36. The van der Waals surface area contributed by atoms with E-state index in [-0.39, 0.29) is 24.0 Å². The summed E-state index contributed by atoms with van der Waals surface area (Å²) >= 11 is 1.70. The normalized spacial score (nSPS) is 10.8. The van der Waals surface area contributed by atoms with Crippen LogP contribution < -0.4 is 15.4 Å². The SMILES string of the molecule is CCCOc1ccc(CNC(=NC)NCc2ccsc2)cn1.I. The Morgan fingerprint density at radius 2 is 2.00 bits per heavy atom. The van der Waals surface area contributed by atoms with E-state index in [1.807, 2.05) is 18.3 Å². The van der Waals surface area contributed by atoms with Crippen LogP contribution in [-0.4, -0.2) is 24.6 Å². The van der Waals surface area contributed by atoms with E-state index in [0.717, 1.165) is 24.5 Å². The highest BCUT2D eigenvalue weighted by Crippen LogP contribution is 2.08. The Labute approximate surface area is 158 Å². The van der Waals surface area contributed by atoms with Gasteiger partial charge in [0.05, 0.1) is 6.61 Å². The summed E-state index contributed by atoms with van der Waals surface area (Å²) < 4.78 is 5.47. The smallest absolute Gasteiger partial charge is 0.213 e. The van der Waals surface area contributed by atoms with E-state index in [4.69, 9.17) is 4.74 Å². The van der Waals surface area contributed by atoms with Crippen molar-refractivity contribution in [2.24, 2.45) is 4.99 Å². The van der Waals surface area contributed by atoms with Crippen LogP contribution in [0.25, 0.3) is 0 Å². The second-order valence-corrected chi connectivity index (χ2v) is 5.54. The van der Waals surface area contributed by atoms with Crippen LogP contribution in [0.15, 0.2) is 40.1 Å². The molecule has 2 N–H and O–H groups in total. The second-order valence-electron chi connectivity index (χ2n) is 4.76. The second kappa shape index (κ2) is 11.2. The first-order valence-electron chi connectivity index (χ1n) is 7.35. The molecule has 0 unspecified atom stereocenters. The molecule has 23 heavy (non-hydrogen) atoms. The third-order valence-electron chi connectivity index (χ3n) is 2.98. The Balaban J connectivity index is 0.00000264. The molecule has 0 fully saturated rings. The molecule has 7 heteroatoms. The Hall–Kier alpha value is -1.35. The molecule has 0 radical (unpaired) electrons. The first-order valence-corrected chi connectivity index (χ1v) is 8.29. The lowest BCUT2D eigenvalue weighted by Gasteiger charge is -2.11. The summed E-state index contributed by atoms with van der Waals surface area (Å²) in [4.78, 5) is 8.50. The molecule has 0 saturated carbocycles. The lowest BCUT2D eigenvalue weighted by atomic mass is 10.3.